The topological polar surface area (TPSA) is 64.1 Å². The zero-order valence-corrected chi connectivity index (χ0v) is 9.30. The summed E-state index contributed by atoms with van der Waals surface area (Å²) in [6, 6.07) is 8.79. The van der Waals surface area contributed by atoms with Crippen LogP contribution in [0.4, 0.5) is 5.82 Å². The molecule has 2 aromatic rings. The fourth-order valence-electron chi connectivity index (χ4n) is 1.48. The Morgan fingerprint density at radius 3 is 2.88 bits per heavy atom. The van der Waals surface area contributed by atoms with Gasteiger partial charge < -0.3 is 10.8 Å². The Labute approximate surface area is 98.3 Å². The van der Waals surface area contributed by atoms with E-state index in [1.165, 1.54) is 0 Å². The van der Waals surface area contributed by atoms with E-state index in [1.54, 1.807) is 35.1 Å². The molecular formula is C11H12ClN3O. The highest BCUT2D eigenvalue weighted by Gasteiger charge is 2.10. The smallest absolute Gasteiger partial charge is 0.121 e. The number of aliphatic hydroxyl groups is 1. The molecule has 0 aliphatic carbocycles. The third-order valence-corrected chi connectivity index (χ3v) is 2.56. The number of halogens is 1. The summed E-state index contributed by atoms with van der Waals surface area (Å²) in [4.78, 5) is 0. The Bertz CT molecular complexity index is 484. The van der Waals surface area contributed by atoms with Crippen LogP contribution in [-0.4, -0.2) is 14.9 Å². The lowest BCUT2D eigenvalue weighted by molar-refractivity contribution is 0.152. The number of hydrogen-bond acceptors (Lipinski definition) is 3. The van der Waals surface area contributed by atoms with Crippen LogP contribution in [0, 0.1) is 0 Å². The quantitative estimate of drug-likeness (QED) is 0.856. The van der Waals surface area contributed by atoms with Crippen LogP contribution < -0.4 is 5.73 Å². The Morgan fingerprint density at radius 2 is 2.25 bits per heavy atom. The predicted octanol–water partition coefficient (Wildman–Crippen LogP) is 1.85. The van der Waals surface area contributed by atoms with E-state index in [2.05, 4.69) is 5.10 Å². The minimum Gasteiger partial charge on any atom is -0.386 e. The Kier molecular flexibility index (Phi) is 3.12. The third-order valence-electron chi connectivity index (χ3n) is 2.33. The second kappa shape index (κ2) is 4.55. The summed E-state index contributed by atoms with van der Waals surface area (Å²) >= 11 is 5.84. The highest BCUT2D eigenvalue weighted by molar-refractivity contribution is 6.30. The summed E-state index contributed by atoms with van der Waals surface area (Å²) < 4.78 is 1.55. The predicted molar refractivity (Wildman–Crippen MR) is 63.1 cm³/mol. The number of nitrogen functional groups attached to an aromatic ring is 1. The molecule has 5 heteroatoms. The van der Waals surface area contributed by atoms with Crippen molar-refractivity contribution in [1.82, 2.24) is 9.78 Å². The molecule has 0 saturated carbocycles. The van der Waals surface area contributed by atoms with Crippen LogP contribution in [0.2, 0.25) is 5.02 Å². The normalized spacial score (nSPS) is 12.6. The zero-order chi connectivity index (χ0) is 11.5. The fourth-order valence-corrected chi connectivity index (χ4v) is 1.68. The summed E-state index contributed by atoms with van der Waals surface area (Å²) in [6.07, 6.45) is 0.931. The van der Waals surface area contributed by atoms with Crippen molar-refractivity contribution in [3.05, 3.63) is 47.1 Å². The van der Waals surface area contributed by atoms with Gasteiger partial charge in [-0.2, -0.15) is 5.10 Å². The Balaban J connectivity index is 2.14. The number of anilines is 1. The Morgan fingerprint density at radius 1 is 1.44 bits per heavy atom. The molecule has 0 saturated heterocycles. The van der Waals surface area contributed by atoms with E-state index < -0.39 is 6.10 Å². The van der Waals surface area contributed by atoms with Gasteiger partial charge in [-0.15, -0.1) is 0 Å². The molecule has 1 aromatic carbocycles. The molecule has 0 fully saturated rings. The fraction of sp³-hybridized carbons (Fsp3) is 0.182. The molecule has 0 aliphatic heterocycles. The summed E-state index contributed by atoms with van der Waals surface area (Å²) in [6.45, 7) is 0.319. The van der Waals surface area contributed by atoms with Gasteiger partial charge in [-0.05, 0) is 23.8 Å². The molecule has 16 heavy (non-hydrogen) atoms. The molecule has 0 amide bonds. The van der Waals surface area contributed by atoms with Gasteiger partial charge in [-0.3, -0.25) is 0 Å². The molecule has 84 valence electrons. The van der Waals surface area contributed by atoms with E-state index in [9.17, 15) is 5.11 Å². The lowest BCUT2D eigenvalue weighted by atomic mass is 10.1. The first kappa shape index (κ1) is 11.0. The summed E-state index contributed by atoms with van der Waals surface area (Å²) in [5.74, 6) is 0.529. The first-order valence-electron chi connectivity index (χ1n) is 4.87. The van der Waals surface area contributed by atoms with Gasteiger partial charge in [-0.1, -0.05) is 23.7 Å². The SMILES string of the molecule is Nc1ccnn1CC(O)c1cccc(Cl)c1. The molecular weight excluding hydrogens is 226 g/mol. The maximum Gasteiger partial charge on any atom is 0.121 e. The van der Waals surface area contributed by atoms with Crippen LogP contribution >= 0.6 is 11.6 Å². The van der Waals surface area contributed by atoms with Crippen LogP contribution in [0.3, 0.4) is 0 Å². The van der Waals surface area contributed by atoms with E-state index in [0.717, 1.165) is 5.56 Å². The average molecular weight is 238 g/mol. The van der Waals surface area contributed by atoms with Crippen molar-refractivity contribution in [1.29, 1.82) is 0 Å². The van der Waals surface area contributed by atoms with Crippen LogP contribution in [0.15, 0.2) is 36.5 Å². The molecule has 1 aromatic heterocycles. The second-order valence-corrected chi connectivity index (χ2v) is 3.95. The Hall–Kier alpha value is -1.52. The van der Waals surface area contributed by atoms with Crippen molar-refractivity contribution in [2.75, 3.05) is 5.73 Å². The number of aromatic nitrogens is 2. The van der Waals surface area contributed by atoms with Crippen molar-refractivity contribution in [2.24, 2.45) is 0 Å². The van der Waals surface area contributed by atoms with Gasteiger partial charge in [0.25, 0.3) is 0 Å². The molecule has 3 N–H and O–H groups in total. The van der Waals surface area contributed by atoms with Gasteiger partial charge in [0.15, 0.2) is 0 Å². The summed E-state index contributed by atoms with van der Waals surface area (Å²) in [7, 11) is 0. The first-order chi connectivity index (χ1) is 7.66. The molecule has 1 heterocycles. The van der Waals surface area contributed by atoms with Crippen LogP contribution in [0.25, 0.3) is 0 Å². The van der Waals surface area contributed by atoms with E-state index in [4.69, 9.17) is 17.3 Å². The van der Waals surface area contributed by atoms with Gasteiger partial charge in [0.2, 0.25) is 0 Å². The molecule has 0 radical (unpaired) electrons. The van der Waals surface area contributed by atoms with Crippen molar-refractivity contribution in [2.45, 2.75) is 12.6 Å². The molecule has 0 spiro atoms. The van der Waals surface area contributed by atoms with Crippen LogP contribution in [-0.2, 0) is 6.54 Å². The zero-order valence-electron chi connectivity index (χ0n) is 8.55. The molecule has 1 unspecified atom stereocenters. The highest BCUT2D eigenvalue weighted by Crippen LogP contribution is 2.19. The van der Waals surface area contributed by atoms with E-state index in [-0.39, 0.29) is 0 Å². The number of aliphatic hydroxyl groups excluding tert-OH is 1. The highest BCUT2D eigenvalue weighted by atomic mass is 35.5. The number of hydrogen-bond donors (Lipinski definition) is 2. The number of nitrogens with two attached hydrogens (primary N) is 1. The molecule has 0 bridgehead atoms. The average Bonchev–Trinajstić information content (AvgIpc) is 2.64. The minimum absolute atomic E-state index is 0.319. The van der Waals surface area contributed by atoms with Gasteiger partial charge in [0.1, 0.15) is 5.82 Å². The van der Waals surface area contributed by atoms with Crippen LogP contribution in [0.5, 0.6) is 0 Å². The number of rotatable bonds is 3. The molecule has 2 rings (SSSR count). The van der Waals surface area contributed by atoms with E-state index >= 15 is 0 Å². The van der Waals surface area contributed by atoms with Crippen LogP contribution in [0.1, 0.15) is 11.7 Å². The second-order valence-electron chi connectivity index (χ2n) is 3.51. The number of benzene rings is 1. The van der Waals surface area contributed by atoms with Crippen molar-refractivity contribution in [3.63, 3.8) is 0 Å². The third kappa shape index (κ3) is 2.35. The maximum absolute atomic E-state index is 9.97. The van der Waals surface area contributed by atoms with Crippen molar-refractivity contribution in [3.8, 4) is 0 Å². The standard InChI is InChI=1S/C11H12ClN3O/c12-9-3-1-2-8(6-9)10(16)7-15-11(13)4-5-14-15/h1-6,10,16H,7,13H2. The first-order valence-corrected chi connectivity index (χ1v) is 5.25. The molecule has 4 nitrogen and oxygen atoms in total. The molecule has 0 aliphatic rings. The monoisotopic (exact) mass is 237 g/mol. The van der Waals surface area contributed by atoms with Gasteiger partial charge in [0, 0.05) is 5.02 Å². The van der Waals surface area contributed by atoms with Gasteiger partial charge in [0.05, 0.1) is 18.8 Å². The maximum atomic E-state index is 9.97. The summed E-state index contributed by atoms with van der Waals surface area (Å²) in [5, 5.41) is 14.6. The minimum atomic E-state index is -0.666. The lowest BCUT2D eigenvalue weighted by Gasteiger charge is -2.12. The van der Waals surface area contributed by atoms with Gasteiger partial charge in [-0.25, -0.2) is 4.68 Å². The van der Waals surface area contributed by atoms with E-state index in [0.29, 0.717) is 17.4 Å². The van der Waals surface area contributed by atoms with Crippen molar-refractivity contribution < 1.29 is 5.11 Å². The summed E-state index contributed by atoms with van der Waals surface area (Å²) in [5.41, 5.74) is 6.41. The number of nitrogens with zero attached hydrogens (tertiary/aromatic N) is 2. The van der Waals surface area contributed by atoms with Crippen molar-refractivity contribution >= 4 is 17.4 Å². The lowest BCUT2D eigenvalue weighted by Crippen LogP contribution is -2.12. The van der Waals surface area contributed by atoms with E-state index in [1.807, 2.05) is 6.07 Å². The largest absolute Gasteiger partial charge is 0.386 e. The van der Waals surface area contributed by atoms with Gasteiger partial charge >= 0.3 is 0 Å². The molecule has 1 atom stereocenters.